The zero-order chi connectivity index (χ0) is 17.5. The first kappa shape index (κ1) is 17.5. The molecule has 0 spiro atoms. The van der Waals surface area contributed by atoms with Crippen LogP contribution in [0.15, 0.2) is 35.2 Å². The molecule has 1 atom stereocenters. The second-order valence-electron chi connectivity index (χ2n) is 6.09. The van der Waals surface area contributed by atoms with Crippen molar-refractivity contribution >= 4 is 11.7 Å². The number of nitrogens with zero attached hydrogens (tertiary/aromatic N) is 3. The first-order chi connectivity index (χ1) is 12.3. The standard InChI is InChI=1S/C17H25N5O3/c1-24-10-8-22-13-14(11-19-22)20-17(23)18-12-15(16-5-4-9-25-16)21-6-2-3-7-21/h4-5,9,11,13,15H,2-3,6-8,10,12H2,1H3,(H2,18,20,23)/t15-/m0/s1. The van der Waals surface area contributed by atoms with E-state index in [0.29, 0.717) is 25.4 Å². The van der Waals surface area contributed by atoms with E-state index in [1.54, 1.807) is 30.4 Å². The number of hydrogen-bond donors (Lipinski definition) is 2. The molecule has 1 saturated heterocycles. The summed E-state index contributed by atoms with van der Waals surface area (Å²) >= 11 is 0. The van der Waals surface area contributed by atoms with Gasteiger partial charge in [0.25, 0.3) is 0 Å². The molecular weight excluding hydrogens is 322 g/mol. The predicted octanol–water partition coefficient (Wildman–Crippen LogP) is 2.08. The van der Waals surface area contributed by atoms with Crippen molar-refractivity contribution in [3.8, 4) is 0 Å². The van der Waals surface area contributed by atoms with Crippen LogP contribution in [0.4, 0.5) is 10.5 Å². The summed E-state index contributed by atoms with van der Waals surface area (Å²) in [5.74, 6) is 0.884. The fourth-order valence-electron chi connectivity index (χ4n) is 3.04. The summed E-state index contributed by atoms with van der Waals surface area (Å²) in [4.78, 5) is 14.5. The molecule has 0 radical (unpaired) electrons. The smallest absolute Gasteiger partial charge is 0.319 e. The largest absolute Gasteiger partial charge is 0.468 e. The van der Waals surface area contributed by atoms with E-state index in [2.05, 4.69) is 20.6 Å². The van der Waals surface area contributed by atoms with E-state index in [-0.39, 0.29) is 12.1 Å². The molecular formula is C17H25N5O3. The molecule has 1 aliphatic heterocycles. The van der Waals surface area contributed by atoms with Gasteiger partial charge in [-0.3, -0.25) is 9.58 Å². The number of ether oxygens (including phenoxy) is 1. The molecule has 0 saturated carbocycles. The molecule has 2 aromatic heterocycles. The van der Waals surface area contributed by atoms with Crippen LogP contribution in [-0.4, -0.2) is 54.1 Å². The van der Waals surface area contributed by atoms with Gasteiger partial charge in [0.2, 0.25) is 0 Å². The molecule has 1 aliphatic rings. The van der Waals surface area contributed by atoms with Crippen LogP contribution in [0, 0.1) is 0 Å². The van der Waals surface area contributed by atoms with Gasteiger partial charge < -0.3 is 19.8 Å². The number of hydrogen-bond acceptors (Lipinski definition) is 5. The van der Waals surface area contributed by atoms with E-state index < -0.39 is 0 Å². The maximum atomic E-state index is 12.2. The second-order valence-corrected chi connectivity index (χ2v) is 6.09. The number of furan rings is 1. The Bertz CT molecular complexity index is 649. The van der Waals surface area contributed by atoms with E-state index in [4.69, 9.17) is 9.15 Å². The molecule has 2 N–H and O–H groups in total. The number of anilines is 1. The lowest BCUT2D eigenvalue weighted by Crippen LogP contribution is -2.38. The number of likely N-dealkylation sites (tertiary alicyclic amines) is 1. The summed E-state index contributed by atoms with van der Waals surface area (Å²) < 4.78 is 12.3. The lowest BCUT2D eigenvalue weighted by Gasteiger charge is -2.25. The Morgan fingerprint density at radius 2 is 2.28 bits per heavy atom. The highest BCUT2D eigenvalue weighted by Crippen LogP contribution is 2.24. The van der Waals surface area contributed by atoms with Gasteiger partial charge in [-0.05, 0) is 38.1 Å². The van der Waals surface area contributed by atoms with E-state index in [9.17, 15) is 4.79 Å². The fourth-order valence-corrected chi connectivity index (χ4v) is 3.04. The van der Waals surface area contributed by atoms with E-state index in [1.807, 2.05) is 12.1 Å². The Balaban J connectivity index is 1.52. The van der Waals surface area contributed by atoms with E-state index in [1.165, 1.54) is 12.8 Å². The fraction of sp³-hybridized carbons (Fsp3) is 0.529. The third-order valence-electron chi connectivity index (χ3n) is 4.32. The van der Waals surface area contributed by atoms with Gasteiger partial charge in [0.15, 0.2) is 0 Å². The van der Waals surface area contributed by atoms with Gasteiger partial charge >= 0.3 is 6.03 Å². The van der Waals surface area contributed by atoms with E-state index >= 15 is 0 Å². The summed E-state index contributed by atoms with van der Waals surface area (Å²) in [7, 11) is 1.64. The van der Waals surface area contributed by atoms with Crippen molar-refractivity contribution in [1.82, 2.24) is 20.0 Å². The van der Waals surface area contributed by atoms with Crippen molar-refractivity contribution in [1.29, 1.82) is 0 Å². The minimum atomic E-state index is -0.248. The molecule has 3 heterocycles. The monoisotopic (exact) mass is 347 g/mol. The molecule has 8 heteroatoms. The lowest BCUT2D eigenvalue weighted by atomic mass is 10.2. The molecule has 2 aromatic rings. The van der Waals surface area contributed by atoms with Crippen molar-refractivity contribution in [3.63, 3.8) is 0 Å². The zero-order valence-corrected chi connectivity index (χ0v) is 14.5. The molecule has 25 heavy (non-hydrogen) atoms. The van der Waals surface area contributed by atoms with Crippen molar-refractivity contribution < 1.29 is 13.9 Å². The zero-order valence-electron chi connectivity index (χ0n) is 14.5. The Morgan fingerprint density at radius 1 is 1.44 bits per heavy atom. The molecule has 0 bridgehead atoms. The van der Waals surface area contributed by atoms with Gasteiger partial charge in [-0.1, -0.05) is 0 Å². The van der Waals surface area contributed by atoms with Crippen molar-refractivity contribution in [2.75, 3.05) is 38.7 Å². The highest BCUT2D eigenvalue weighted by atomic mass is 16.5. The van der Waals surface area contributed by atoms with Crippen LogP contribution >= 0.6 is 0 Å². The molecule has 3 rings (SSSR count). The minimum Gasteiger partial charge on any atom is -0.468 e. The van der Waals surface area contributed by atoms with Gasteiger partial charge in [0.1, 0.15) is 5.76 Å². The number of carbonyl (C=O) groups excluding carboxylic acids is 1. The van der Waals surface area contributed by atoms with Gasteiger partial charge in [0.05, 0.1) is 37.3 Å². The highest BCUT2D eigenvalue weighted by Gasteiger charge is 2.25. The van der Waals surface area contributed by atoms with Gasteiger partial charge in [-0.2, -0.15) is 5.10 Å². The van der Waals surface area contributed by atoms with Crippen LogP contribution in [0.25, 0.3) is 0 Å². The number of rotatable bonds is 8. The van der Waals surface area contributed by atoms with Gasteiger partial charge in [-0.25, -0.2) is 4.79 Å². The first-order valence-corrected chi connectivity index (χ1v) is 8.60. The second kappa shape index (κ2) is 8.68. The van der Waals surface area contributed by atoms with Crippen molar-refractivity contribution in [2.24, 2.45) is 0 Å². The minimum absolute atomic E-state index is 0.0627. The molecule has 0 aromatic carbocycles. The summed E-state index contributed by atoms with van der Waals surface area (Å²) in [5.41, 5.74) is 0.657. The van der Waals surface area contributed by atoms with Gasteiger partial charge in [-0.15, -0.1) is 0 Å². The summed E-state index contributed by atoms with van der Waals surface area (Å²) in [6, 6.07) is 3.66. The molecule has 136 valence electrons. The highest BCUT2D eigenvalue weighted by molar-refractivity contribution is 5.88. The Hall–Kier alpha value is -2.32. The third kappa shape index (κ3) is 4.83. The summed E-state index contributed by atoms with van der Waals surface area (Å²) in [5, 5.41) is 9.92. The molecule has 0 unspecified atom stereocenters. The summed E-state index contributed by atoms with van der Waals surface area (Å²) in [6.07, 6.45) is 7.45. The number of methoxy groups -OCH3 is 1. The molecule has 8 nitrogen and oxygen atoms in total. The van der Waals surface area contributed by atoms with Crippen LogP contribution in [0.3, 0.4) is 0 Å². The topological polar surface area (TPSA) is 84.6 Å². The van der Waals surface area contributed by atoms with Crippen LogP contribution in [0.2, 0.25) is 0 Å². The number of urea groups is 1. The molecule has 0 aliphatic carbocycles. The number of aromatic nitrogens is 2. The van der Waals surface area contributed by atoms with Crippen LogP contribution < -0.4 is 10.6 Å². The third-order valence-corrected chi connectivity index (χ3v) is 4.32. The quantitative estimate of drug-likeness (QED) is 0.764. The Labute approximate surface area is 147 Å². The Kier molecular flexibility index (Phi) is 6.08. The number of nitrogens with one attached hydrogen (secondary N) is 2. The lowest BCUT2D eigenvalue weighted by molar-refractivity contribution is 0.183. The maximum Gasteiger partial charge on any atom is 0.319 e. The summed E-state index contributed by atoms with van der Waals surface area (Å²) in [6.45, 7) is 3.78. The molecule has 2 amide bonds. The average Bonchev–Trinajstić information content (AvgIpc) is 3.36. The maximum absolute atomic E-state index is 12.2. The van der Waals surface area contributed by atoms with Crippen LogP contribution in [-0.2, 0) is 11.3 Å². The first-order valence-electron chi connectivity index (χ1n) is 8.60. The predicted molar refractivity (Wildman–Crippen MR) is 93.4 cm³/mol. The van der Waals surface area contributed by atoms with E-state index in [0.717, 1.165) is 18.8 Å². The normalized spacial score (nSPS) is 16.0. The number of amides is 2. The average molecular weight is 347 g/mol. The van der Waals surface area contributed by atoms with Crippen LogP contribution in [0.5, 0.6) is 0 Å². The number of carbonyl (C=O) groups is 1. The van der Waals surface area contributed by atoms with Crippen LogP contribution in [0.1, 0.15) is 24.6 Å². The molecule has 1 fully saturated rings. The van der Waals surface area contributed by atoms with Gasteiger partial charge in [0, 0.05) is 19.9 Å². The van der Waals surface area contributed by atoms with Crippen molar-refractivity contribution in [3.05, 3.63) is 36.5 Å². The van der Waals surface area contributed by atoms with Crippen molar-refractivity contribution in [2.45, 2.75) is 25.4 Å². The SMILES string of the molecule is COCCn1cc(NC(=O)NC[C@@H](c2ccco2)N2CCCC2)cn1. The Morgan fingerprint density at radius 3 is 3.00 bits per heavy atom.